The Labute approximate surface area is 76.2 Å². The van der Waals surface area contributed by atoms with Crippen LogP contribution in [0, 0.1) is 0 Å². The third-order valence-electron chi connectivity index (χ3n) is 2.55. The molecular weight excluding hydrogens is 146 g/mol. The van der Waals surface area contributed by atoms with Gasteiger partial charge in [0.15, 0.2) is 0 Å². The van der Waals surface area contributed by atoms with E-state index in [1.807, 2.05) is 0 Å². The zero-order chi connectivity index (χ0) is 8.81. The third-order valence-corrected chi connectivity index (χ3v) is 2.55. The van der Waals surface area contributed by atoms with Crippen LogP contribution in [0.1, 0.15) is 45.4 Å². The largest absolute Gasteiger partial charge is 0.310 e. The van der Waals surface area contributed by atoms with Crippen molar-refractivity contribution in [2.24, 2.45) is 0 Å². The molecule has 1 aliphatic rings. The number of nitrogens with one attached hydrogen (secondary N) is 1. The first kappa shape index (κ1) is 9.79. The van der Waals surface area contributed by atoms with E-state index in [0.717, 1.165) is 12.6 Å². The van der Waals surface area contributed by atoms with Gasteiger partial charge in [0.05, 0.1) is 0 Å². The molecule has 0 aromatic heterocycles. The van der Waals surface area contributed by atoms with Crippen molar-refractivity contribution >= 4 is 0 Å². The normalized spacial score (nSPS) is 20.4. The molecule has 0 amide bonds. The average molecular weight is 167 g/mol. The van der Waals surface area contributed by atoms with Gasteiger partial charge in [-0.2, -0.15) is 0 Å². The quantitative estimate of drug-likeness (QED) is 0.503. The Morgan fingerprint density at radius 3 is 2.33 bits per heavy atom. The van der Waals surface area contributed by atoms with Gasteiger partial charge in [0.25, 0.3) is 0 Å². The molecule has 1 rings (SSSR count). The van der Waals surface area contributed by atoms with Gasteiger partial charge in [-0.15, -0.1) is 0 Å². The summed E-state index contributed by atoms with van der Waals surface area (Å²) in [4.78, 5) is 0. The van der Waals surface area contributed by atoms with E-state index < -0.39 is 0 Å². The number of hydrogen-bond donors (Lipinski definition) is 1. The van der Waals surface area contributed by atoms with Crippen molar-refractivity contribution in [3.63, 3.8) is 0 Å². The highest BCUT2D eigenvalue weighted by Gasteiger charge is 2.10. The van der Waals surface area contributed by atoms with Crippen LogP contribution in [-0.4, -0.2) is 12.6 Å². The molecule has 0 spiro atoms. The molecule has 0 bridgehead atoms. The van der Waals surface area contributed by atoms with Crippen LogP contribution in [-0.2, 0) is 0 Å². The van der Waals surface area contributed by atoms with Crippen LogP contribution in [0.25, 0.3) is 0 Å². The molecule has 0 unspecified atom stereocenters. The summed E-state index contributed by atoms with van der Waals surface area (Å²) in [6, 6.07) is 0.768. The van der Waals surface area contributed by atoms with Gasteiger partial charge in [-0.1, -0.05) is 37.8 Å². The van der Waals surface area contributed by atoms with E-state index in [-0.39, 0.29) is 0 Å². The molecule has 1 saturated carbocycles. The van der Waals surface area contributed by atoms with Gasteiger partial charge in [0.2, 0.25) is 0 Å². The molecule has 0 atom stereocenters. The average Bonchev–Trinajstić information content (AvgIpc) is 2.28. The molecule has 1 heteroatoms. The zero-order valence-electron chi connectivity index (χ0n) is 8.23. The minimum absolute atomic E-state index is 0.768. The number of rotatable bonds is 3. The molecule has 1 N–H and O–H groups in total. The van der Waals surface area contributed by atoms with Crippen molar-refractivity contribution in [2.45, 2.75) is 51.5 Å². The van der Waals surface area contributed by atoms with Gasteiger partial charge in [0, 0.05) is 12.6 Å². The summed E-state index contributed by atoms with van der Waals surface area (Å²) in [7, 11) is 0. The molecular formula is C11H21N. The van der Waals surface area contributed by atoms with Crippen LogP contribution in [0.5, 0.6) is 0 Å². The second kappa shape index (κ2) is 5.36. The minimum Gasteiger partial charge on any atom is -0.310 e. The Balaban J connectivity index is 2.16. The first-order valence-electron chi connectivity index (χ1n) is 5.17. The maximum atomic E-state index is 3.90. The summed E-state index contributed by atoms with van der Waals surface area (Å²) in [5.41, 5.74) is 1.25. The van der Waals surface area contributed by atoms with Crippen LogP contribution in [0.3, 0.4) is 0 Å². The second-order valence-corrected chi connectivity index (χ2v) is 4.03. The van der Waals surface area contributed by atoms with Crippen molar-refractivity contribution in [3.05, 3.63) is 12.2 Å². The lowest BCUT2D eigenvalue weighted by atomic mass is 10.1. The maximum Gasteiger partial charge on any atom is 0.0161 e. The Morgan fingerprint density at radius 2 is 1.83 bits per heavy atom. The topological polar surface area (TPSA) is 12.0 Å². The lowest BCUT2D eigenvalue weighted by molar-refractivity contribution is 0.477. The predicted molar refractivity (Wildman–Crippen MR) is 54.3 cm³/mol. The van der Waals surface area contributed by atoms with Crippen molar-refractivity contribution in [3.8, 4) is 0 Å². The van der Waals surface area contributed by atoms with Crippen LogP contribution in [0.2, 0.25) is 0 Å². The lowest BCUT2D eigenvalue weighted by Crippen LogP contribution is -2.29. The fourth-order valence-corrected chi connectivity index (χ4v) is 1.80. The molecule has 0 heterocycles. The van der Waals surface area contributed by atoms with E-state index in [2.05, 4.69) is 18.8 Å². The van der Waals surface area contributed by atoms with Crippen LogP contribution >= 0.6 is 0 Å². The monoisotopic (exact) mass is 167 g/mol. The molecule has 0 aliphatic heterocycles. The fraction of sp³-hybridized carbons (Fsp3) is 0.818. The summed E-state index contributed by atoms with van der Waals surface area (Å²) in [5, 5.41) is 3.56. The van der Waals surface area contributed by atoms with Crippen LogP contribution in [0.15, 0.2) is 12.2 Å². The highest BCUT2D eigenvalue weighted by Crippen LogP contribution is 2.17. The molecule has 12 heavy (non-hydrogen) atoms. The fourth-order valence-electron chi connectivity index (χ4n) is 1.80. The molecule has 0 saturated heterocycles. The van der Waals surface area contributed by atoms with Crippen molar-refractivity contribution in [2.75, 3.05) is 6.54 Å². The van der Waals surface area contributed by atoms with Gasteiger partial charge in [-0.05, 0) is 19.8 Å². The third kappa shape index (κ3) is 3.91. The van der Waals surface area contributed by atoms with Gasteiger partial charge in [-0.25, -0.2) is 0 Å². The van der Waals surface area contributed by atoms with Crippen molar-refractivity contribution in [1.82, 2.24) is 5.32 Å². The van der Waals surface area contributed by atoms with E-state index >= 15 is 0 Å². The van der Waals surface area contributed by atoms with E-state index in [0.29, 0.717) is 0 Å². The second-order valence-electron chi connectivity index (χ2n) is 4.03. The van der Waals surface area contributed by atoms with E-state index in [1.54, 1.807) is 0 Å². The SMILES string of the molecule is C=C(C)CNC1CCCCCC1. The van der Waals surface area contributed by atoms with Gasteiger partial charge in [0.1, 0.15) is 0 Å². The summed E-state index contributed by atoms with van der Waals surface area (Å²) >= 11 is 0. The Kier molecular flexibility index (Phi) is 4.37. The van der Waals surface area contributed by atoms with Crippen LogP contribution < -0.4 is 5.32 Å². The van der Waals surface area contributed by atoms with E-state index in [9.17, 15) is 0 Å². The lowest BCUT2D eigenvalue weighted by Gasteiger charge is -2.15. The highest BCUT2D eigenvalue weighted by molar-refractivity contribution is 4.91. The molecule has 0 aromatic carbocycles. The first-order chi connectivity index (χ1) is 5.79. The summed E-state index contributed by atoms with van der Waals surface area (Å²) in [6.45, 7) is 6.99. The first-order valence-corrected chi connectivity index (χ1v) is 5.17. The minimum atomic E-state index is 0.768. The van der Waals surface area contributed by atoms with E-state index in [4.69, 9.17) is 0 Å². The molecule has 0 aromatic rings. The highest BCUT2D eigenvalue weighted by atomic mass is 14.9. The zero-order valence-corrected chi connectivity index (χ0v) is 8.23. The standard InChI is InChI=1S/C11H21N/c1-10(2)9-12-11-7-5-3-4-6-8-11/h11-12H,1,3-9H2,2H3. The van der Waals surface area contributed by atoms with Gasteiger partial charge in [-0.3, -0.25) is 0 Å². The Bertz CT molecular complexity index is 132. The molecule has 1 fully saturated rings. The maximum absolute atomic E-state index is 3.90. The molecule has 0 radical (unpaired) electrons. The molecule has 70 valence electrons. The summed E-state index contributed by atoms with van der Waals surface area (Å²) < 4.78 is 0. The Morgan fingerprint density at radius 1 is 1.25 bits per heavy atom. The predicted octanol–water partition coefficient (Wildman–Crippen LogP) is 2.87. The van der Waals surface area contributed by atoms with Crippen LogP contribution in [0.4, 0.5) is 0 Å². The van der Waals surface area contributed by atoms with Gasteiger partial charge >= 0.3 is 0 Å². The summed E-state index contributed by atoms with van der Waals surface area (Å²) in [5.74, 6) is 0. The molecule has 1 aliphatic carbocycles. The van der Waals surface area contributed by atoms with Crippen molar-refractivity contribution in [1.29, 1.82) is 0 Å². The number of hydrogen-bond acceptors (Lipinski definition) is 1. The summed E-state index contributed by atoms with van der Waals surface area (Å²) in [6.07, 6.45) is 8.43. The van der Waals surface area contributed by atoms with Gasteiger partial charge < -0.3 is 5.32 Å². The van der Waals surface area contributed by atoms with Crippen molar-refractivity contribution < 1.29 is 0 Å². The van der Waals surface area contributed by atoms with E-state index in [1.165, 1.54) is 44.1 Å². The Hall–Kier alpha value is -0.300. The molecule has 1 nitrogen and oxygen atoms in total. The smallest absolute Gasteiger partial charge is 0.0161 e.